The number of carboxylic acids is 1. The molecule has 0 unspecified atom stereocenters. The van der Waals surface area contributed by atoms with Crippen LogP contribution in [0.4, 0.5) is 5.69 Å². The highest BCUT2D eigenvalue weighted by Crippen LogP contribution is 2.33. The number of benzene rings is 1. The molecule has 0 saturated carbocycles. The van der Waals surface area contributed by atoms with Crippen molar-refractivity contribution in [3.63, 3.8) is 0 Å². The predicted octanol–water partition coefficient (Wildman–Crippen LogP) is 3.63. The van der Waals surface area contributed by atoms with Gasteiger partial charge in [-0.2, -0.15) is 0 Å². The van der Waals surface area contributed by atoms with Crippen molar-refractivity contribution in [1.29, 1.82) is 0 Å². The van der Waals surface area contributed by atoms with Crippen molar-refractivity contribution in [2.24, 2.45) is 0 Å². The normalized spacial score (nSPS) is 11.4. The largest absolute Gasteiger partial charge is 0.477 e. The van der Waals surface area contributed by atoms with Gasteiger partial charge in [-0.1, -0.05) is 17.7 Å². The molecule has 0 radical (unpaired) electrons. The summed E-state index contributed by atoms with van der Waals surface area (Å²) < 4.78 is 27.5. The number of carboxylic acid groups (broad SMARTS) is 1. The molecule has 0 aliphatic heterocycles. The molecule has 0 aliphatic rings. The van der Waals surface area contributed by atoms with Crippen molar-refractivity contribution in [3.8, 4) is 0 Å². The molecule has 2 N–H and O–H groups in total. The van der Waals surface area contributed by atoms with E-state index in [2.05, 4.69) is 20.7 Å². The van der Waals surface area contributed by atoms with Crippen LogP contribution in [-0.2, 0) is 10.0 Å². The zero-order valence-electron chi connectivity index (χ0n) is 11.2. The average Bonchev–Trinajstić information content (AvgIpc) is 2.76. The van der Waals surface area contributed by atoms with Crippen LogP contribution in [0.1, 0.15) is 20.8 Å². The molecule has 5 nitrogen and oxygen atoms in total. The number of nitrogens with one attached hydrogen (secondary N) is 1. The summed E-state index contributed by atoms with van der Waals surface area (Å²) in [4.78, 5) is 10.8. The maximum atomic E-state index is 12.4. The van der Waals surface area contributed by atoms with Gasteiger partial charge < -0.3 is 5.11 Å². The zero-order chi connectivity index (χ0) is 15.8. The maximum Gasteiger partial charge on any atom is 0.345 e. The van der Waals surface area contributed by atoms with Gasteiger partial charge in [0.25, 0.3) is 10.0 Å². The number of hydrogen-bond donors (Lipinski definition) is 2. The molecule has 0 bridgehead atoms. The summed E-state index contributed by atoms with van der Waals surface area (Å²) in [6.45, 7) is 3.72. The van der Waals surface area contributed by atoms with Crippen molar-refractivity contribution in [3.05, 3.63) is 44.1 Å². The number of sulfonamides is 1. The van der Waals surface area contributed by atoms with E-state index in [9.17, 15) is 13.2 Å². The van der Waals surface area contributed by atoms with Gasteiger partial charge in [0.2, 0.25) is 0 Å². The van der Waals surface area contributed by atoms with Crippen molar-refractivity contribution < 1.29 is 18.3 Å². The Morgan fingerprint density at radius 2 is 1.95 bits per heavy atom. The molecule has 21 heavy (non-hydrogen) atoms. The Labute approximate surface area is 134 Å². The third kappa shape index (κ3) is 3.45. The highest BCUT2D eigenvalue weighted by molar-refractivity contribution is 9.11. The molecular formula is C13H12BrNO4S2. The molecule has 0 amide bonds. The number of carbonyl (C=O) groups is 1. The zero-order valence-corrected chi connectivity index (χ0v) is 14.4. The fourth-order valence-corrected chi connectivity index (χ4v) is 5.30. The summed E-state index contributed by atoms with van der Waals surface area (Å²) in [6.07, 6.45) is 0. The van der Waals surface area contributed by atoms with E-state index in [-0.39, 0.29) is 13.6 Å². The number of rotatable bonds is 4. The van der Waals surface area contributed by atoms with Crippen molar-refractivity contribution in [2.45, 2.75) is 18.7 Å². The van der Waals surface area contributed by atoms with Crippen LogP contribution in [0.5, 0.6) is 0 Å². The van der Waals surface area contributed by atoms with Crippen molar-refractivity contribution >= 4 is 48.9 Å². The SMILES string of the molecule is Cc1ccc(NS(=O)(=O)c2cc(C(=O)O)sc2Br)c(C)c1. The third-order valence-electron chi connectivity index (χ3n) is 2.78. The Morgan fingerprint density at radius 3 is 2.48 bits per heavy atom. The number of anilines is 1. The van der Waals surface area contributed by atoms with Gasteiger partial charge in [-0.05, 0) is 47.5 Å². The van der Waals surface area contributed by atoms with E-state index in [4.69, 9.17) is 5.11 Å². The van der Waals surface area contributed by atoms with Crippen LogP contribution in [0.3, 0.4) is 0 Å². The number of aromatic carboxylic acids is 1. The van der Waals surface area contributed by atoms with Gasteiger partial charge >= 0.3 is 5.97 Å². The fourth-order valence-electron chi connectivity index (χ4n) is 1.77. The van der Waals surface area contributed by atoms with Crippen LogP contribution in [-0.4, -0.2) is 19.5 Å². The topological polar surface area (TPSA) is 83.5 Å². The standard InChI is InChI=1S/C13H12BrNO4S2/c1-7-3-4-9(8(2)5-7)15-21(18,19)11-6-10(13(16)17)20-12(11)14/h3-6,15H,1-2H3,(H,16,17). The van der Waals surface area contributed by atoms with Crippen LogP contribution in [0.2, 0.25) is 0 Å². The average molecular weight is 390 g/mol. The van der Waals surface area contributed by atoms with Crippen molar-refractivity contribution in [1.82, 2.24) is 0 Å². The first-order valence-corrected chi connectivity index (χ1v) is 8.92. The fraction of sp³-hybridized carbons (Fsp3) is 0.154. The van der Waals surface area contributed by atoms with Gasteiger partial charge in [-0.3, -0.25) is 4.72 Å². The smallest absolute Gasteiger partial charge is 0.345 e. The first-order valence-electron chi connectivity index (χ1n) is 5.83. The lowest BCUT2D eigenvalue weighted by atomic mass is 10.1. The van der Waals surface area contributed by atoms with Crippen LogP contribution >= 0.6 is 27.3 Å². The van der Waals surface area contributed by atoms with Crippen LogP contribution in [0.15, 0.2) is 32.9 Å². The highest BCUT2D eigenvalue weighted by Gasteiger charge is 2.23. The number of halogens is 1. The monoisotopic (exact) mass is 389 g/mol. The lowest BCUT2D eigenvalue weighted by Crippen LogP contribution is -2.13. The van der Waals surface area contributed by atoms with Gasteiger partial charge in [0.1, 0.15) is 9.77 Å². The van der Waals surface area contributed by atoms with Gasteiger partial charge in [0.05, 0.1) is 9.47 Å². The summed E-state index contributed by atoms with van der Waals surface area (Å²) in [7, 11) is -3.84. The maximum absolute atomic E-state index is 12.4. The van der Waals surface area contributed by atoms with Crippen LogP contribution < -0.4 is 4.72 Å². The molecule has 112 valence electrons. The summed E-state index contributed by atoms with van der Waals surface area (Å²) in [6, 6.07) is 6.49. The Hall–Kier alpha value is -1.38. The van der Waals surface area contributed by atoms with E-state index in [1.54, 1.807) is 19.1 Å². The molecule has 8 heteroatoms. The van der Waals surface area contributed by atoms with E-state index >= 15 is 0 Å². The number of hydrogen-bond acceptors (Lipinski definition) is 4. The lowest BCUT2D eigenvalue weighted by Gasteiger charge is -2.10. The molecule has 0 saturated heterocycles. The minimum Gasteiger partial charge on any atom is -0.477 e. The molecule has 1 aromatic heterocycles. The van der Waals surface area contributed by atoms with E-state index in [1.807, 2.05) is 13.0 Å². The summed E-state index contributed by atoms with van der Waals surface area (Å²) >= 11 is 3.97. The van der Waals surface area contributed by atoms with Gasteiger partial charge in [-0.25, -0.2) is 13.2 Å². The number of thiophene rings is 1. The third-order valence-corrected chi connectivity index (χ3v) is 6.39. The molecule has 0 aliphatic carbocycles. The van der Waals surface area contributed by atoms with E-state index < -0.39 is 16.0 Å². The predicted molar refractivity (Wildman–Crippen MR) is 85.7 cm³/mol. The van der Waals surface area contributed by atoms with Gasteiger partial charge in [0.15, 0.2) is 0 Å². The van der Waals surface area contributed by atoms with E-state index in [1.165, 1.54) is 0 Å². The lowest BCUT2D eigenvalue weighted by molar-refractivity contribution is 0.0702. The molecule has 0 spiro atoms. The molecule has 1 heterocycles. The molecule has 0 fully saturated rings. The Morgan fingerprint density at radius 1 is 1.29 bits per heavy atom. The molecular weight excluding hydrogens is 378 g/mol. The van der Waals surface area contributed by atoms with Crippen molar-refractivity contribution in [2.75, 3.05) is 4.72 Å². The summed E-state index contributed by atoms with van der Waals surface area (Å²) in [5.41, 5.74) is 2.29. The second-order valence-corrected chi connectivity index (χ2v) is 8.50. The summed E-state index contributed by atoms with van der Waals surface area (Å²) in [5, 5.41) is 8.93. The Kier molecular flexibility index (Phi) is 4.40. The van der Waals surface area contributed by atoms with Crippen LogP contribution in [0.25, 0.3) is 0 Å². The summed E-state index contributed by atoms with van der Waals surface area (Å²) in [5.74, 6) is -1.16. The first kappa shape index (κ1) is 16.0. The minimum atomic E-state index is -3.84. The van der Waals surface area contributed by atoms with Gasteiger partial charge in [0, 0.05) is 0 Å². The number of aryl methyl sites for hydroxylation is 2. The minimum absolute atomic E-state index is 0.0390. The Balaban J connectivity index is 2.41. The molecule has 2 aromatic rings. The van der Waals surface area contributed by atoms with E-state index in [0.717, 1.165) is 28.5 Å². The molecule has 1 aromatic carbocycles. The second kappa shape index (κ2) is 5.78. The van der Waals surface area contributed by atoms with Crippen LogP contribution in [0, 0.1) is 13.8 Å². The highest BCUT2D eigenvalue weighted by atomic mass is 79.9. The molecule has 2 rings (SSSR count). The second-order valence-electron chi connectivity index (χ2n) is 4.48. The molecule has 0 atom stereocenters. The first-order chi connectivity index (χ1) is 9.70. The van der Waals surface area contributed by atoms with Gasteiger partial charge in [-0.15, -0.1) is 11.3 Å². The quantitative estimate of drug-likeness (QED) is 0.835. The van der Waals surface area contributed by atoms with E-state index in [0.29, 0.717) is 5.69 Å². The Bertz CT molecular complexity index is 812.